The van der Waals surface area contributed by atoms with Crippen LogP contribution in [0.3, 0.4) is 0 Å². The van der Waals surface area contributed by atoms with Gasteiger partial charge in [0.25, 0.3) is 5.91 Å². The molecule has 0 atom stereocenters. The number of alkyl halides is 2. The number of likely N-dealkylation sites (N-methyl/N-ethyl adjacent to an activating group) is 1. The lowest BCUT2D eigenvalue weighted by Crippen LogP contribution is -2.48. The van der Waals surface area contributed by atoms with Crippen LogP contribution in [-0.4, -0.2) is 71.2 Å². The number of carbonyl (C=O) groups excluding carboxylic acids is 1. The molecule has 9 heteroatoms. The van der Waals surface area contributed by atoms with E-state index in [1.165, 1.54) is 13.0 Å². The van der Waals surface area contributed by atoms with Crippen molar-refractivity contribution in [2.75, 3.05) is 39.3 Å². The van der Waals surface area contributed by atoms with E-state index >= 15 is 0 Å². The van der Waals surface area contributed by atoms with Gasteiger partial charge in [0.05, 0.1) is 5.69 Å². The minimum Gasteiger partial charge on any atom is -0.390 e. The molecule has 0 unspecified atom stereocenters. The van der Waals surface area contributed by atoms with Crippen LogP contribution in [-0.2, 0) is 4.79 Å². The maximum Gasteiger partial charge on any atom is 0.347 e. The first kappa shape index (κ1) is 22.4. The Labute approximate surface area is 163 Å². The molecular formula is C19H28F3N3O3. The summed E-state index contributed by atoms with van der Waals surface area (Å²) in [4.78, 5) is 15.0. The minimum atomic E-state index is -3.74. The lowest BCUT2D eigenvalue weighted by Gasteiger charge is -2.33. The van der Waals surface area contributed by atoms with Gasteiger partial charge in [-0.3, -0.25) is 4.79 Å². The number of hydrogen-bond donors (Lipinski definition) is 1. The molecule has 0 radical (unpaired) electrons. The average molecular weight is 403 g/mol. The Kier molecular flexibility index (Phi) is 7.65. The van der Waals surface area contributed by atoms with Gasteiger partial charge < -0.3 is 19.4 Å². The Morgan fingerprint density at radius 2 is 2.07 bits per heavy atom. The highest BCUT2D eigenvalue weighted by Crippen LogP contribution is 2.31. The van der Waals surface area contributed by atoms with E-state index in [-0.39, 0.29) is 24.8 Å². The van der Waals surface area contributed by atoms with E-state index in [0.29, 0.717) is 12.3 Å². The molecule has 28 heavy (non-hydrogen) atoms. The van der Waals surface area contributed by atoms with E-state index < -0.39 is 18.4 Å². The molecule has 2 heterocycles. The fourth-order valence-corrected chi connectivity index (χ4v) is 3.45. The van der Waals surface area contributed by atoms with Crippen LogP contribution in [0, 0.1) is 6.92 Å². The van der Waals surface area contributed by atoms with Crippen LogP contribution >= 0.6 is 0 Å². The van der Waals surface area contributed by atoms with E-state index in [0.717, 1.165) is 42.1 Å². The Morgan fingerprint density at radius 3 is 2.61 bits per heavy atom. The summed E-state index contributed by atoms with van der Waals surface area (Å²) >= 11 is 0. The number of rotatable bonds is 8. The van der Waals surface area contributed by atoms with Crippen molar-refractivity contribution in [1.82, 2.24) is 15.0 Å². The number of halogens is 3. The summed E-state index contributed by atoms with van der Waals surface area (Å²) in [5.74, 6) is -4.79. The van der Waals surface area contributed by atoms with Crippen LogP contribution in [0.25, 0.3) is 6.08 Å². The van der Waals surface area contributed by atoms with E-state index in [2.05, 4.69) is 10.1 Å². The van der Waals surface area contributed by atoms with Crippen LogP contribution in [0.4, 0.5) is 13.2 Å². The highest BCUT2D eigenvalue weighted by molar-refractivity contribution is 5.83. The Hall–Kier alpha value is -1.87. The van der Waals surface area contributed by atoms with Gasteiger partial charge in [-0.1, -0.05) is 5.16 Å². The maximum atomic E-state index is 13.4. The molecule has 1 N–H and O–H groups in total. The molecular weight excluding hydrogens is 375 g/mol. The zero-order valence-electron chi connectivity index (χ0n) is 16.6. The van der Waals surface area contributed by atoms with Gasteiger partial charge in [0.1, 0.15) is 12.4 Å². The molecule has 0 aromatic carbocycles. The largest absolute Gasteiger partial charge is 0.390 e. The number of carbonyl (C=O) groups is 1. The average Bonchev–Trinajstić information content (AvgIpc) is 3.02. The van der Waals surface area contributed by atoms with Crippen molar-refractivity contribution in [3.8, 4) is 0 Å². The second-order valence-corrected chi connectivity index (χ2v) is 7.15. The number of hydrogen-bond acceptors (Lipinski definition) is 5. The number of aliphatic hydroxyl groups excluding tert-OH is 1. The van der Waals surface area contributed by atoms with Gasteiger partial charge in [-0.25, -0.2) is 4.39 Å². The van der Waals surface area contributed by atoms with Gasteiger partial charge in [-0.2, -0.15) is 8.78 Å². The van der Waals surface area contributed by atoms with Crippen molar-refractivity contribution in [2.45, 2.75) is 45.5 Å². The van der Waals surface area contributed by atoms with E-state index in [1.54, 1.807) is 6.92 Å². The van der Waals surface area contributed by atoms with Crippen LogP contribution in [0.1, 0.15) is 49.6 Å². The van der Waals surface area contributed by atoms with Crippen LogP contribution in [0.5, 0.6) is 0 Å². The molecule has 0 bridgehead atoms. The smallest absolute Gasteiger partial charge is 0.347 e. The lowest BCUT2D eigenvalue weighted by molar-refractivity contribution is -0.162. The highest BCUT2D eigenvalue weighted by Gasteiger charge is 2.41. The van der Waals surface area contributed by atoms with Crippen molar-refractivity contribution >= 4 is 12.0 Å². The van der Waals surface area contributed by atoms with Crippen molar-refractivity contribution in [3.05, 3.63) is 22.8 Å². The molecule has 1 aromatic rings. The first-order valence-electron chi connectivity index (χ1n) is 9.50. The van der Waals surface area contributed by atoms with Gasteiger partial charge >= 0.3 is 5.92 Å². The molecule has 0 spiro atoms. The zero-order chi connectivity index (χ0) is 20.9. The molecule has 1 amide bonds. The first-order chi connectivity index (χ1) is 13.2. The predicted octanol–water partition coefficient (Wildman–Crippen LogP) is 2.97. The SMILES string of the molecule is CCN(CCN1CCC(c2noc(/C=C(\C)F)c2C)CC1)C(=O)C(F)(F)CO. The van der Waals surface area contributed by atoms with E-state index in [4.69, 9.17) is 9.63 Å². The molecule has 2 rings (SSSR count). The van der Waals surface area contributed by atoms with Crippen molar-refractivity contribution < 1.29 is 27.6 Å². The predicted molar refractivity (Wildman–Crippen MR) is 98.7 cm³/mol. The standard InChI is InChI=1S/C19H28F3N3O3/c1-4-25(18(27)19(21,22)12-26)10-9-24-7-5-15(6-8-24)17-14(3)16(28-23-17)11-13(2)20/h11,15,26H,4-10,12H2,1-3H3/b13-11+. The second-order valence-electron chi connectivity index (χ2n) is 7.15. The minimum absolute atomic E-state index is 0.160. The van der Waals surface area contributed by atoms with Gasteiger partial charge in [-0.15, -0.1) is 0 Å². The topological polar surface area (TPSA) is 69.8 Å². The third-order valence-electron chi connectivity index (χ3n) is 5.17. The van der Waals surface area contributed by atoms with Gasteiger partial charge in [0.2, 0.25) is 0 Å². The van der Waals surface area contributed by atoms with Crippen LogP contribution in [0.2, 0.25) is 0 Å². The third kappa shape index (κ3) is 5.35. The normalized spacial score (nSPS) is 17.2. The summed E-state index contributed by atoms with van der Waals surface area (Å²) < 4.78 is 45.1. The summed E-state index contributed by atoms with van der Waals surface area (Å²) in [5, 5.41) is 12.8. The monoisotopic (exact) mass is 403 g/mol. The summed E-state index contributed by atoms with van der Waals surface area (Å²) in [6.07, 6.45) is 2.95. The quantitative estimate of drug-likeness (QED) is 0.723. The number of allylic oxidation sites excluding steroid dienone is 1. The highest BCUT2D eigenvalue weighted by atomic mass is 19.3. The van der Waals surface area contributed by atoms with Gasteiger partial charge in [-0.05, 0) is 46.7 Å². The first-order valence-corrected chi connectivity index (χ1v) is 9.50. The van der Waals surface area contributed by atoms with Gasteiger partial charge in [0, 0.05) is 37.2 Å². The number of aromatic nitrogens is 1. The summed E-state index contributed by atoms with van der Waals surface area (Å²) in [5.41, 5.74) is 1.67. The Bertz CT molecular complexity index is 694. The summed E-state index contributed by atoms with van der Waals surface area (Å²) in [6.45, 7) is 5.68. The third-order valence-corrected chi connectivity index (χ3v) is 5.17. The molecule has 1 aliphatic rings. The van der Waals surface area contributed by atoms with Gasteiger partial charge in [0.15, 0.2) is 5.76 Å². The summed E-state index contributed by atoms with van der Waals surface area (Å²) in [7, 11) is 0. The molecule has 158 valence electrons. The van der Waals surface area contributed by atoms with Crippen molar-refractivity contribution in [2.24, 2.45) is 0 Å². The van der Waals surface area contributed by atoms with Crippen molar-refractivity contribution in [1.29, 1.82) is 0 Å². The number of likely N-dealkylation sites (tertiary alicyclic amines) is 1. The number of piperidine rings is 1. The summed E-state index contributed by atoms with van der Waals surface area (Å²) in [6, 6.07) is 0. The van der Waals surface area contributed by atoms with E-state index in [1.807, 2.05) is 6.92 Å². The Balaban J connectivity index is 1.88. The molecule has 1 aromatic heterocycles. The number of nitrogens with zero attached hydrogens (tertiary/aromatic N) is 3. The molecule has 1 aliphatic heterocycles. The Morgan fingerprint density at radius 1 is 1.43 bits per heavy atom. The maximum absolute atomic E-state index is 13.4. The molecule has 1 saturated heterocycles. The fraction of sp³-hybridized carbons (Fsp3) is 0.684. The molecule has 0 saturated carbocycles. The molecule has 0 aliphatic carbocycles. The zero-order valence-corrected chi connectivity index (χ0v) is 16.6. The van der Waals surface area contributed by atoms with Crippen LogP contribution in [0.15, 0.2) is 10.3 Å². The number of aliphatic hydroxyl groups is 1. The molecule has 1 fully saturated rings. The molecule has 6 nitrogen and oxygen atoms in total. The lowest BCUT2D eigenvalue weighted by atomic mass is 9.91. The fourth-order valence-electron chi connectivity index (χ4n) is 3.45. The van der Waals surface area contributed by atoms with Crippen LogP contribution < -0.4 is 0 Å². The second kappa shape index (κ2) is 9.56. The number of amides is 1. The van der Waals surface area contributed by atoms with Crippen molar-refractivity contribution in [3.63, 3.8) is 0 Å². The van der Waals surface area contributed by atoms with E-state index in [9.17, 15) is 18.0 Å².